The quantitative estimate of drug-likeness (QED) is 0.613. The minimum atomic E-state index is -0.148. The maximum Gasteiger partial charge on any atom is 0.238 e. The molecule has 4 aliphatic carbocycles. The number of carbonyl (C=O) groups is 2. The second kappa shape index (κ2) is 4.94. The molecule has 0 spiro atoms. The van der Waals surface area contributed by atoms with Gasteiger partial charge in [0, 0.05) is 5.56 Å². The maximum atomic E-state index is 13.4. The normalized spacial score (nSPS) is 36.2. The van der Waals surface area contributed by atoms with Gasteiger partial charge < -0.3 is 0 Å². The molecule has 1 aliphatic heterocycles. The maximum absolute atomic E-state index is 13.4. The van der Waals surface area contributed by atoms with E-state index in [1.807, 2.05) is 54.6 Å². The summed E-state index contributed by atoms with van der Waals surface area (Å²) in [5.74, 6) is 1.51. The fourth-order valence-electron chi connectivity index (χ4n) is 5.72. The highest BCUT2D eigenvalue weighted by Gasteiger charge is 2.67. The van der Waals surface area contributed by atoms with E-state index in [9.17, 15) is 9.59 Å². The number of anilines is 1. The van der Waals surface area contributed by atoms with Crippen molar-refractivity contribution in [2.75, 3.05) is 4.90 Å². The molecule has 2 saturated carbocycles. The standard InChI is InChI=1S/C23H19NO2/c25-22-20-15-10-11-16(18-12-17(15)18)21(20)23(26)24(22)19-9-5-4-8-14(19)13-6-2-1-3-7-13/h1-11,15-18,20-21H,12H2/t15-,16-,17-,18-,20-,21+/m0/s1. The highest BCUT2D eigenvalue weighted by atomic mass is 16.2. The first-order valence-corrected chi connectivity index (χ1v) is 9.46. The molecule has 6 atom stereocenters. The van der Waals surface area contributed by atoms with Gasteiger partial charge in [-0.3, -0.25) is 9.59 Å². The zero-order valence-corrected chi connectivity index (χ0v) is 14.3. The molecule has 26 heavy (non-hydrogen) atoms. The van der Waals surface area contributed by atoms with Gasteiger partial charge in [-0.15, -0.1) is 0 Å². The number of benzene rings is 2. The minimum Gasteiger partial charge on any atom is -0.274 e. The minimum absolute atomic E-state index is 0.00748. The van der Waals surface area contributed by atoms with Crippen molar-refractivity contribution in [2.45, 2.75) is 6.42 Å². The third-order valence-corrected chi connectivity index (χ3v) is 6.89. The Kier molecular flexibility index (Phi) is 2.75. The number of hydrogen-bond donors (Lipinski definition) is 0. The van der Waals surface area contributed by atoms with Gasteiger partial charge in [-0.2, -0.15) is 0 Å². The Morgan fingerprint density at radius 2 is 1.31 bits per heavy atom. The summed E-state index contributed by atoms with van der Waals surface area (Å²) in [4.78, 5) is 28.2. The molecular weight excluding hydrogens is 322 g/mol. The summed E-state index contributed by atoms with van der Waals surface area (Å²) in [6, 6.07) is 17.8. The Labute approximate surface area is 152 Å². The van der Waals surface area contributed by atoms with Crippen molar-refractivity contribution >= 4 is 17.5 Å². The Morgan fingerprint density at radius 1 is 0.731 bits per heavy atom. The summed E-state index contributed by atoms with van der Waals surface area (Å²) in [5, 5.41) is 0. The molecule has 3 fully saturated rings. The Morgan fingerprint density at radius 3 is 1.96 bits per heavy atom. The summed E-state index contributed by atoms with van der Waals surface area (Å²) in [6.45, 7) is 0. The first-order valence-electron chi connectivity index (χ1n) is 9.46. The van der Waals surface area contributed by atoms with Crippen molar-refractivity contribution in [3.63, 3.8) is 0 Å². The van der Waals surface area contributed by atoms with Crippen LogP contribution < -0.4 is 4.90 Å². The molecule has 2 aromatic carbocycles. The number of carbonyl (C=O) groups excluding carboxylic acids is 2. The fraction of sp³-hybridized carbons (Fsp3) is 0.304. The Bertz CT molecular complexity index is 927. The van der Waals surface area contributed by atoms with E-state index in [0.29, 0.717) is 11.8 Å². The van der Waals surface area contributed by atoms with Crippen molar-refractivity contribution in [3.8, 4) is 11.1 Å². The van der Waals surface area contributed by atoms with Crippen LogP contribution in [0.4, 0.5) is 5.69 Å². The highest BCUT2D eigenvalue weighted by Crippen LogP contribution is 2.65. The van der Waals surface area contributed by atoms with E-state index in [1.54, 1.807) is 0 Å². The summed E-state index contributed by atoms with van der Waals surface area (Å²) in [6.07, 6.45) is 5.63. The molecule has 5 aliphatic rings. The van der Waals surface area contributed by atoms with Crippen LogP contribution in [-0.4, -0.2) is 11.8 Å². The van der Waals surface area contributed by atoms with Gasteiger partial charge in [0.05, 0.1) is 17.5 Å². The molecule has 3 heteroatoms. The van der Waals surface area contributed by atoms with Crippen molar-refractivity contribution < 1.29 is 9.59 Å². The average Bonchev–Trinajstić information content (AvgIpc) is 3.47. The number of rotatable bonds is 2. The lowest BCUT2D eigenvalue weighted by molar-refractivity contribution is -0.124. The molecule has 7 rings (SSSR count). The van der Waals surface area contributed by atoms with E-state index >= 15 is 0 Å². The van der Waals surface area contributed by atoms with Gasteiger partial charge in [-0.05, 0) is 41.7 Å². The van der Waals surface area contributed by atoms with Gasteiger partial charge in [0.15, 0.2) is 0 Å². The van der Waals surface area contributed by atoms with Gasteiger partial charge >= 0.3 is 0 Å². The van der Waals surface area contributed by atoms with Crippen LogP contribution in [0.15, 0.2) is 66.7 Å². The third-order valence-electron chi connectivity index (χ3n) is 6.89. The lowest BCUT2D eigenvalue weighted by atomic mass is 9.63. The number of hydrogen-bond acceptors (Lipinski definition) is 2. The van der Waals surface area contributed by atoms with Crippen LogP contribution in [0, 0.1) is 35.5 Å². The first-order chi connectivity index (χ1) is 12.8. The van der Waals surface area contributed by atoms with Crippen molar-refractivity contribution in [1.29, 1.82) is 0 Å². The van der Waals surface area contributed by atoms with Gasteiger partial charge in [0.2, 0.25) is 11.8 Å². The molecule has 3 nitrogen and oxygen atoms in total. The van der Waals surface area contributed by atoms with Crippen LogP contribution in [-0.2, 0) is 9.59 Å². The fourth-order valence-corrected chi connectivity index (χ4v) is 5.72. The van der Waals surface area contributed by atoms with E-state index in [4.69, 9.17) is 0 Å². The second-order valence-electron chi connectivity index (χ2n) is 8.05. The van der Waals surface area contributed by atoms with Gasteiger partial charge in [0.25, 0.3) is 0 Å². The monoisotopic (exact) mass is 341 g/mol. The highest BCUT2D eigenvalue weighted by molar-refractivity contribution is 6.24. The van der Waals surface area contributed by atoms with Gasteiger partial charge in [0.1, 0.15) is 0 Å². The van der Waals surface area contributed by atoms with E-state index < -0.39 is 0 Å². The summed E-state index contributed by atoms with van der Waals surface area (Å²) in [7, 11) is 0. The van der Waals surface area contributed by atoms with Crippen LogP contribution in [0.25, 0.3) is 11.1 Å². The molecular formula is C23H19NO2. The Hall–Kier alpha value is -2.68. The van der Waals surface area contributed by atoms with Crippen LogP contribution in [0.1, 0.15) is 6.42 Å². The van der Waals surface area contributed by atoms with Gasteiger partial charge in [-0.1, -0.05) is 60.7 Å². The number of allylic oxidation sites excluding steroid dienone is 2. The number of amides is 2. The second-order valence-corrected chi connectivity index (χ2v) is 8.05. The summed E-state index contributed by atoms with van der Waals surface area (Å²) >= 11 is 0. The lowest BCUT2D eigenvalue weighted by Crippen LogP contribution is -2.40. The van der Waals surface area contributed by atoms with Crippen LogP contribution in [0.2, 0.25) is 0 Å². The molecule has 2 bridgehead atoms. The van der Waals surface area contributed by atoms with E-state index in [-0.39, 0.29) is 35.5 Å². The topological polar surface area (TPSA) is 37.4 Å². The lowest BCUT2D eigenvalue weighted by Gasteiger charge is -2.37. The molecule has 0 aromatic heterocycles. The first kappa shape index (κ1) is 14.5. The molecule has 0 unspecified atom stereocenters. The molecule has 0 N–H and O–H groups in total. The summed E-state index contributed by atoms with van der Waals surface area (Å²) in [5.41, 5.74) is 2.71. The van der Waals surface area contributed by atoms with E-state index in [0.717, 1.165) is 16.8 Å². The smallest absolute Gasteiger partial charge is 0.238 e. The molecule has 0 radical (unpaired) electrons. The molecule has 1 saturated heterocycles. The van der Waals surface area contributed by atoms with Crippen LogP contribution in [0.5, 0.6) is 0 Å². The zero-order chi connectivity index (χ0) is 17.4. The predicted octanol–water partition coefficient (Wildman–Crippen LogP) is 3.91. The van der Waals surface area contributed by atoms with Crippen molar-refractivity contribution in [3.05, 3.63) is 66.7 Å². The number of para-hydroxylation sites is 1. The van der Waals surface area contributed by atoms with Gasteiger partial charge in [-0.25, -0.2) is 4.90 Å². The molecule has 1 heterocycles. The largest absolute Gasteiger partial charge is 0.274 e. The third kappa shape index (κ3) is 1.73. The average molecular weight is 341 g/mol. The van der Waals surface area contributed by atoms with E-state index in [1.165, 1.54) is 11.3 Å². The van der Waals surface area contributed by atoms with Crippen LogP contribution >= 0.6 is 0 Å². The molecule has 128 valence electrons. The summed E-state index contributed by atoms with van der Waals surface area (Å²) < 4.78 is 0. The molecule has 2 aromatic rings. The SMILES string of the molecule is O=C1[C@@H]2[C@H]3C=C[C@@H]([C@@H]4C[C@@H]34)[C@@H]2C(=O)N1c1ccccc1-c1ccccc1. The van der Waals surface area contributed by atoms with Crippen molar-refractivity contribution in [2.24, 2.45) is 35.5 Å². The van der Waals surface area contributed by atoms with Crippen LogP contribution in [0.3, 0.4) is 0 Å². The zero-order valence-electron chi connectivity index (χ0n) is 14.3. The predicted molar refractivity (Wildman–Crippen MR) is 99.1 cm³/mol. The molecule has 2 amide bonds. The number of nitrogens with zero attached hydrogens (tertiary/aromatic N) is 1. The Balaban J connectivity index is 1.47. The van der Waals surface area contributed by atoms with E-state index in [2.05, 4.69) is 12.2 Å². The van der Waals surface area contributed by atoms with Crippen molar-refractivity contribution in [1.82, 2.24) is 0 Å². The number of imide groups is 1.